The van der Waals surface area contributed by atoms with Gasteiger partial charge in [-0.15, -0.1) is 0 Å². The number of nitrogens with one attached hydrogen (secondary N) is 1. The van der Waals surface area contributed by atoms with Crippen molar-refractivity contribution in [2.24, 2.45) is 0 Å². The standard InChI is InChI=1S/C7H10N4O/c1-5-8-7-9-6(12)3-2-4-11(7)10-5/h2-4H2,1H3,(H,8,9,10,12). The summed E-state index contributed by atoms with van der Waals surface area (Å²) in [5.41, 5.74) is 0. The second-order valence-electron chi connectivity index (χ2n) is 2.86. The summed E-state index contributed by atoms with van der Waals surface area (Å²) in [5.74, 6) is 1.31. The van der Waals surface area contributed by atoms with Gasteiger partial charge in [-0.1, -0.05) is 0 Å². The first-order valence-corrected chi connectivity index (χ1v) is 3.97. The summed E-state index contributed by atoms with van der Waals surface area (Å²) in [6.45, 7) is 2.59. The van der Waals surface area contributed by atoms with Crippen LogP contribution < -0.4 is 5.32 Å². The summed E-state index contributed by atoms with van der Waals surface area (Å²) in [4.78, 5) is 15.1. The Hall–Kier alpha value is -1.39. The van der Waals surface area contributed by atoms with Gasteiger partial charge >= 0.3 is 0 Å². The number of aryl methyl sites for hydroxylation is 2. The predicted molar refractivity (Wildman–Crippen MR) is 42.6 cm³/mol. The largest absolute Gasteiger partial charge is 0.295 e. The summed E-state index contributed by atoms with van der Waals surface area (Å²) in [6, 6.07) is 0. The average Bonchev–Trinajstić information content (AvgIpc) is 2.23. The first kappa shape index (κ1) is 7.27. The number of carbonyl (C=O) groups excluding carboxylic acids is 1. The third-order valence-corrected chi connectivity index (χ3v) is 1.80. The lowest BCUT2D eigenvalue weighted by molar-refractivity contribution is -0.116. The van der Waals surface area contributed by atoms with Crippen LogP contribution in [0.4, 0.5) is 5.95 Å². The van der Waals surface area contributed by atoms with E-state index in [9.17, 15) is 4.79 Å². The van der Waals surface area contributed by atoms with Crippen molar-refractivity contribution in [2.75, 3.05) is 5.32 Å². The zero-order valence-electron chi connectivity index (χ0n) is 6.87. The van der Waals surface area contributed by atoms with Crippen molar-refractivity contribution in [3.63, 3.8) is 0 Å². The van der Waals surface area contributed by atoms with E-state index in [1.807, 2.05) is 6.92 Å². The number of fused-ring (bicyclic) bond motifs is 1. The predicted octanol–water partition coefficient (Wildman–Crippen LogP) is 0.319. The lowest BCUT2D eigenvalue weighted by Crippen LogP contribution is -2.10. The number of aromatic nitrogens is 3. The Morgan fingerprint density at radius 3 is 3.25 bits per heavy atom. The second kappa shape index (κ2) is 2.58. The normalized spacial score (nSPS) is 16.6. The fourth-order valence-electron chi connectivity index (χ4n) is 1.28. The van der Waals surface area contributed by atoms with Gasteiger partial charge in [0.15, 0.2) is 0 Å². The van der Waals surface area contributed by atoms with Crippen molar-refractivity contribution >= 4 is 11.9 Å². The highest BCUT2D eigenvalue weighted by Crippen LogP contribution is 2.11. The molecule has 0 aromatic carbocycles. The van der Waals surface area contributed by atoms with Crippen molar-refractivity contribution in [3.05, 3.63) is 5.82 Å². The zero-order valence-corrected chi connectivity index (χ0v) is 6.87. The minimum absolute atomic E-state index is 0.0288. The van der Waals surface area contributed by atoms with Crippen molar-refractivity contribution in [1.82, 2.24) is 14.8 Å². The van der Waals surface area contributed by atoms with E-state index in [1.54, 1.807) is 4.68 Å². The number of rotatable bonds is 0. The van der Waals surface area contributed by atoms with E-state index < -0.39 is 0 Å². The van der Waals surface area contributed by atoms with E-state index >= 15 is 0 Å². The maximum atomic E-state index is 11.1. The molecular weight excluding hydrogens is 156 g/mol. The van der Waals surface area contributed by atoms with Gasteiger partial charge in [0.25, 0.3) is 0 Å². The molecule has 0 bridgehead atoms. The molecule has 0 atom stereocenters. The number of amides is 1. The topological polar surface area (TPSA) is 59.8 Å². The SMILES string of the molecule is Cc1nc2n(n1)CCCC(=O)N2. The smallest absolute Gasteiger partial charge is 0.228 e. The summed E-state index contributed by atoms with van der Waals surface area (Å²) in [5, 5.41) is 6.83. The summed E-state index contributed by atoms with van der Waals surface area (Å²) >= 11 is 0. The summed E-state index contributed by atoms with van der Waals surface area (Å²) in [6.07, 6.45) is 1.39. The lowest BCUT2D eigenvalue weighted by Gasteiger charge is -1.97. The maximum Gasteiger partial charge on any atom is 0.228 e. The minimum Gasteiger partial charge on any atom is -0.295 e. The monoisotopic (exact) mass is 166 g/mol. The van der Waals surface area contributed by atoms with Gasteiger partial charge in [0.1, 0.15) is 5.82 Å². The quantitative estimate of drug-likeness (QED) is 0.603. The Morgan fingerprint density at radius 2 is 2.42 bits per heavy atom. The Balaban J connectivity index is 2.36. The molecule has 1 aromatic heterocycles. The minimum atomic E-state index is 0.0288. The molecule has 2 heterocycles. The van der Waals surface area contributed by atoms with Crippen molar-refractivity contribution in [3.8, 4) is 0 Å². The molecule has 0 aliphatic carbocycles. The van der Waals surface area contributed by atoms with Gasteiger partial charge in [-0.2, -0.15) is 10.1 Å². The fraction of sp³-hybridized carbons (Fsp3) is 0.571. The molecule has 64 valence electrons. The highest BCUT2D eigenvalue weighted by molar-refractivity contribution is 5.89. The Labute approximate surface area is 69.8 Å². The van der Waals surface area contributed by atoms with E-state index in [0.717, 1.165) is 13.0 Å². The third kappa shape index (κ3) is 1.17. The van der Waals surface area contributed by atoms with Gasteiger partial charge in [0.05, 0.1) is 0 Å². The third-order valence-electron chi connectivity index (χ3n) is 1.80. The molecule has 1 aliphatic rings. The van der Waals surface area contributed by atoms with E-state index in [-0.39, 0.29) is 5.91 Å². The molecule has 1 aliphatic heterocycles. The highest BCUT2D eigenvalue weighted by atomic mass is 16.1. The van der Waals surface area contributed by atoms with Crippen LogP contribution in [0.25, 0.3) is 0 Å². The molecule has 5 heteroatoms. The summed E-state index contributed by atoms with van der Waals surface area (Å²) < 4.78 is 1.74. The van der Waals surface area contributed by atoms with E-state index in [0.29, 0.717) is 18.2 Å². The zero-order chi connectivity index (χ0) is 8.55. The number of hydrogen-bond acceptors (Lipinski definition) is 3. The van der Waals surface area contributed by atoms with Crippen LogP contribution in [-0.2, 0) is 11.3 Å². The molecule has 0 saturated heterocycles. The first-order valence-electron chi connectivity index (χ1n) is 3.97. The van der Waals surface area contributed by atoms with Crippen LogP contribution in [0.1, 0.15) is 18.7 Å². The van der Waals surface area contributed by atoms with Crippen molar-refractivity contribution < 1.29 is 4.79 Å². The first-order chi connectivity index (χ1) is 5.75. The van der Waals surface area contributed by atoms with Gasteiger partial charge in [0.2, 0.25) is 11.9 Å². The van der Waals surface area contributed by atoms with Gasteiger partial charge in [-0.25, -0.2) is 4.68 Å². The number of carbonyl (C=O) groups is 1. The van der Waals surface area contributed by atoms with Gasteiger partial charge in [0, 0.05) is 13.0 Å². The molecular formula is C7H10N4O. The van der Waals surface area contributed by atoms with Crippen LogP contribution >= 0.6 is 0 Å². The van der Waals surface area contributed by atoms with E-state index in [1.165, 1.54) is 0 Å². The summed E-state index contributed by atoms with van der Waals surface area (Å²) in [7, 11) is 0. The fourth-order valence-corrected chi connectivity index (χ4v) is 1.28. The molecule has 1 N–H and O–H groups in total. The number of hydrogen-bond donors (Lipinski definition) is 1. The van der Waals surface area contributed by atoms with Gasteiger partial charge in [-0.3, -0.25) is 10.1 Å². The van der Waals surface area contributed by atoms with Gasteiger partial charge in [-0.05, 0) is 13.3 Å². The molecule has 5 nitrogen and oxygen atoms in total. The average molecular weight is 166 g/mol. The number of anilines is 1. The molecule has 1 aromatic rings. The van der Waals surface area contributed by atoms with Crippen LogP contribution in [0, 0.1) is 6.92 Å². The van der Waals surface area contributed by atoms with E-state index in [2.05, 4.69) is 15.4 Å². The molecule has 0 spiro atoms. The molecule has 12 heavy (non-hydrogen) atoms. The molecule has 0 radical (unpaired) electrons. The van der Waals surface area contributed by atoms with Crippen LogP contribution in [0.2, 0.25) is 0 Å². The Bertz CT molecular complexity index is 317. The highest BCUT2D eigenvalue weighted by Gasteiger charge is 2.14. The molecule has 2 rings (SSSR count). The van der Waals surface area contributed by atoms with Crippen LogP contribution in [-0.4, -0.2) is 20.7 Å². The van der Waals surface area contributed by atoms with Crippen LogP contribution in [0.15, 0.2) is 0 Å². The molecule has 0 fully saturated rings. The van der Waals surface area contributed by atoms with Crippen LogP contribution in [0.5, 0.6) is 0 Å². The molecule has 0 unspecified atom stereocenters. The lowest BCUT2D eigenvalue weighted by atomic mass is 10.3. The maximum absolute atomic E-state index is 11.1. The van der Waals surface area contributed by atoms with Crippen molar-refractivity contribution in [1.29, 1.82) is 0 Å². The molecule has 1 amide bonds. The van der Waals surface area contributed by atoms with Gasteiger partial charge < -0.3 is 0 Å². The Kier molecular flexibility index (Phi) is 1.56. The van der Waals surface area contributed by atoms with Crippen molar-refractivity contribution in [2.45, 2.75) is 26.3 Å². The van der Waals surface area contributed by atoms with E-state index in [4.69, 9.17) is 0 Å². The molecule has 0 saturated carbocycles. The second-order valence-corrected chi connectivity index (χ2v) is 2.86. The van der Waals surface area contributed by atoms with Crippen LogP contribution in [0.3, 0.4) is 0 Å². The Morgan fingerprint density at radius 1 is 1.58 bits per heavy atom. The number of nitrogens with zero attached hydrogens (tertiary/aromatic N) is 3.